The van der Waals surface area contributed by atoms with E-state index in [2.05, 4.69) is 29.2 Å². The van der Waals surface area contributed by atoms with E-state index < -0.39 is 0 Å². The third-order valence-electron chi connectivity index (χ3n) is 5.74. The fraction of sp³-hybridized carbons (Fsp3) is 0.304. The molecule has 0 saturated carbocycles. The fourth-order valence-electron chi connectivity index (χ4n) is 3.76. The number of likely N-dealkylation sites (N-methyl/N-ethyl adjacent to an activating group) is 1. The molecule has 0 atom stereocenters. The topological polar surface area (TPSA) is 35.5 Å². The summed E-state index contributed by atoms with van der Waals surface area (Å²) in [7, 11) is 0. The number of rotatable bonds is 5. The van der Waals surface area contributed by atoms with Crippen LogP contribution in [0.15, 0.2) is 54.6 Å². The predicted octanol–water partition coefficient (Wildman–Crippen LogP) is 5.88. The van der Waals surface area contributed by atoms with Crippen molar-refractivity contribution in [2.75, 3.05) is 37.6 Å². The highest BCUT2D eigenvalue weighted by Gasteiger charge is 2.23. The van der Waals surface area contributed by atoms with Gasteiger partial charge in [-0.3, -0.25) is 0 Å². The van der Waals surface area contributed by atoms with Gasteiger partial charge in [-0.1, -0.05) is 47.5 Å². The zero-order chi connectivity index (χ0) is 20.4. The van der Waals surface area contributed by atoms with Crippen molar-refractivity contribution in [1.82, 2.24) is 0 Å². The lowest BCUT2D eigenvalue weighted by atomic mass is 10.1. The Morgan fingerprint density at radius 1 is 0.966 bits per heavy atom. The molecule has 1 fully saturated rings. The van der Waals surface area contributed by atoms with Crippen LogP contribution in [0.1, 0.15) is 12.5 Å². The lowest BCUT2D eigenvalue weighted by Gasteiger charge is -2.48. The van der Waals surface area contributed by atoms with Gasteiger partial charge in [0.2, 0.25) is 0 Å². The molecule has 1 heterocycles. The first-order valence-electron chi connectivity index (χ1n) is 9.89. The van der Waals surface area contributed by atoms with Crippen molar-refractivity contribution in [3.05, 3.63) is 75.4 Å². The maximum Gasteiger partial charge on any atom is 0.127 e. The van der Waals surface area contributed by atoms with Crippen molar-refractivity contribution in [2.45, 2.75) is 13.5 Å². The number of halogens is 2. The molecule has 3 aromatic carbocycles. The smallest absolute Gasteiger partial charge is 0.127 e. The number of hydrogen-bond acceptors (Lipinski definition) is 3. The molecule has 1 aliphatic rings. The van der Waals surface area contributed by atoms with Gasteiger partial charge in [0, 0.05) is 16.5 Å². The van der Waals surface area contributed by atoms with E-state index in [1.807, 2.05) is 31.2 Å². The second kappa shape index (κ2) is 8.41. The molecule has 0 N–H and O–H groups in total. The molecule has 29 heavy (non-hydrogen) atoms. The molecule has 1 aliphatic heterocycles. The van der Waals surface area contributed by atoms with E-state index in [4.69, 9.17) is 27.9 Å². The first kappa shape index (κ1) is 20.3. The van der Waals surface area contributed by atoms with Gasteiger partial charge in [0.15, 0.2) is 0 Å². The number of quaternary nitrogens is 1. The van der Waals surface area contributed by atoms with Crippen molar-refractivity contribution in [2.24, 2.45) is 0 Å². The molecular formula is C23H24Cl2N2O2. The monoisotopic (exact) mass is 430 g/mol. The van der Waals surface area contributed by atoms with Crippen LogP contribution in [0.25, 0.3) is 10.8 Å². The summed E-state index contributed by atoms with van der Waals surface area (Å²) in [5.74, 6) is 0.783. The van der Waals surface area contributed by atoms with Gasteiger partial charge in [0.25, 0.3) is 0 Å². The Morgan fingerprint density at radius 3 is 2.38 bits per heavy atom. The minimum atomic E-state index is -0.0807. The molecule has 0 amide bonds. The van der Waals surface area contributed by atoms with Crippen LogP contribution in [-0.2, 0) is 6.61 Å². The van der Waals surface area contributed by atoms with Crippen LogP contribution in [0.2, 0.25) is 10.0 Å². The van der Waals surface area contributed by atoms with Gasteiger partial charge in [-0.15, -0.1) is 0 Å². The van der Waals surface area contributed by atoms with Crippen molar-refractivity contribution in [3.63, 3.8) is 0 Å². The fourth-order valence-corrected chi connectivity index (χ4v) is 4.15. The molecule has 0 unspecified atom stereocenters. The normalized spacial score (nSPS) is 16.2. The second-order valence-corrected chi connectivity index (χ2v) is 8.26. The van der Waals surface area contributed by atoms with E-state index in [0.717, 1.165) is 40.9 Å². The first-order valence-corrected chi connectivity index (χ1v) is 10.7. The SMILES string of the molecule is CC[N+]1([O-])CCN(c2ccc(COc3cccc4c(Cl)c(Cl)ccc34)cc2)CC1. The Balaban J connectivity index is 1.43. The van der Waals surface area contributed by atoms with Gasteiger partial charge >= 0.3 is 0 Å². The van der Waals surface area contributed by atoms with Crippen molar-refractivity contribution >= 4 is 39.7 Å². The molecule has 0 aromatic heterocycles. The summed E-state index contributed by atoms with van der Waals surface area (Å²) in [5.41, 5.74) is 2.24. The number of piperazine rings is 1. The van der Waals surface area contributed by atoms with Crippen LogP contribution in [0.4, 0.5) is 5.69 Å². The molecule has 152 valence electrons. The predicted molar refractivity (Wildman–Crippen MR) is 121 cm³/mol. The number of nitrogens with zero attached hydrogens (tertiary/aromatic N) is 2. The van der Waals surface area contributed by atoms with E-state index >= 15 is 0 Å². The van der Waals surface area contributed by atoms with E-state index in [1.54, 1.807) is 6.07 Å². The number of benzene rings is 3. The van der Waals surface area contributed by atoms with Gasteiger partial charge in [0.1, 0.15) is 12.4 Å². The second-order valence-electron chi connectivity index (χ2n) is 7.48. The number of hydrogen-bond donors (Lipinski definition) is 0. The van der Waals surface area contributed by atoms with Crippen molar-refractivity contribution in [1.29, 1.82) is 0 Å². The highest BCUT2D eigenvalue weighted by atomic mass is 35.5. The van der Waals surface area contributed by atoms with Crippen LogP contribution >= 0.6 is 23.2 Å². The molecule has 0 bridgehead atoms. The van der Waals surface area contributed by atoms with E-state index in [0.29, 0.717) is 36.3 Å². The molecule has 3 aromatic rings. The van der Waals surface area contributed by atoms with Gasteiger partial charge in [-0.2, -0.15) is 0 Å². The molecule has 0 spiro atoms. The molecule has 0 aliphatic carbocycles. The molecule has 6 heteroatoms. The lowest BCUT2D eigenvalue weighted by molar-refractivity contribution is -0.879. The quantitative estimate of drug-likeness (QED) is 0.374. The summed E-state index contributed by atoms with van der Waals surface area (Å²) >= 11 is 12.4. The summed E-state index contributed by atoms with van der Waals surface area (Å²) in [6, 6.07) is 17.9. The maximum atomic E-state index is 12.4. The molecule has 4 nitrogen and oxygen atoms in total. The Bertz CT molecular complexity index is 1000. The minimum Gasteiger partial charge on any atom is -0.633 e. The van der Waals surface area contributed by atoms with Gasteiger partial charge in [-0.25, -0.2) is 0 Å². The minimum absolute atomic E-state index is 0.0807. The number of ether oxygens (including phenoxy) is 1. The zero-order valence-electron chi connectivity index (χ0n) is 16.4. The highest BCUT2D eigenvalue weighted by molar-refractivity contribution is 6.45. The van der Waals surface area contributed by atoms with Crippen molar-refractivity contribution < 1.29 is 9.38 Å². The standard InChI is InChI=1S/C23H24Cl2N2O2/c1-2-27(28)14-12-26(13-15-27)18-8-6-17(7-9-18)16-29-22-5-3-4-20-19(22)10-11-21(24)23(20)25/h3-11H,2,12-16H2,1H3. The van der Waals surface area contributed by atoms with E-state index in [9.17, 15) is 5.21 Å². The summed E-state index contributed by atoms with van der Waals surface area (Å²) in [6.45, 7) is 5.98. The number of fused-ring (bicyclic) bond motifs is 1. The first-order chi connectivity index (χ1) is 14.0. The highest BCUT2D eigenvalue weighted by Crippen LogP contribution is 2.35. The summed E-state index contributed by atoms with van der Waals surface area (Å²) in [4.78, 5) is 2.28. The number of anilines is 1. The molecule has 1 saturated heterocycles. The summed E-state index contributed by atoms with van der Waals surface area (Å²) in [5, 5.41) is 15.3. The van der Waals surface area contributed by atoms with E-state index in [-0.39, 0.29) is 4.65 Å². The van der Waals surface area contributed by atoms with Crippen LogP contribution in [-0.4, -0.2) is 37.4 Å². The molecular weight excluding hydrogens is 407 g/mol. The van der Waals surface area contributed by atoms with Gasteiger partial charge in [0.05, 0.1) is 42.8 Å². The largest absolute Gasteiger partial charge is 0.633 e. The van der Waals surface area contributed by atoms with Crippen LogP contribution in [0.5, 0.6) is 5.75 Å². The average molecular weight is 431 g/mol. The number of hydroxylamine groups is 3. The van der Waals surface area contributed by atoms with Crippen LogP contribution in [0, 0.1) is 5.21 Å². The summed E-state index contributed by atoms with van der Waals surface area (Å²) < 4.78 is 5.99. The lowest BCUT2D eigenvalue weighted by Crippen LogP contribution is -2.56. The Morgan fingerprint density at radius 2 is 1.69 bits per heavy atom. The van der Waals surface area contributed by atoms with Crippen LogP contribution < -0.4 is 9.64 Å². The van der Waals surface area contributed by atoms with E-state index in [1.165, 1.54) is 0 Å². The third kappa shape index (κ3) is 4.31. The van der Waals surface area contributed by atoms with Gasteiger partial charge in [-0.05, 0) is 42.8 Å². The zero-order valence-corrected chi connectivity index (χ0v) is 17.9. The average Bonchev–Trinajstić information content (AvgIpc) is 2.76. The van der Waals surface area contributed by atoms with Crippen molar-refractivity contribution in [3.8, 4) is 5.75 Å². The Hall–Kier alpha value is -1.98. The van der Waals surface area contributed by atoms with Crippen LogP contribution in [0.3, 0.4) is 0 Å². The Kier molecular flexibility index (Phi) is 5.88. The summed E-state index contributed by atoms with van der Waals surface area (Å²) in [6.07, 6.45) is 0. The molecule has 4 rings (SSSR count). The third-order valence-corrected chi connectivity index (χ3v) is 6.55. The molecule has 0 radical (unpaired) electrons. The maximum absolute atomic E-state index is 12.4. The van der Waals surface area contributed by atoms with Gasteiger partial charge < -0.3 is 19.5 Å². The Labute approximate surface area is 181 Å².